The average molecular weight is 417 g/mol. The highest BCUT2D eigenvalue weighted by molar-refractivity contribution is 6.32. The molecule has 0 amide bonds. The highest BCUT2D eigenvalue weighted by Gasteiger charge is 2.26. The van der Waals surface area contributed by atoms with E-state index >= 15 is 0 Å². The molecule has 0 aromatic heterocycles. The van der Waals surface area contributed by atoms with Crippen molar-refractivity contribution in [1.82, 2.24) is 0 Å². The highest BCUT2D eigenvalue weighted by atomic mass is 35.5. The maximum Gasteiger partial charge on any atom is 0.363 e. The van der Waals surface area contributed by atoms with Gasteiger partial charge in [0.25, 0.3) is 5.69 Å². The summed E-state index contributed by atoms with van der Waals surface area (Å²) in [5.41, 5.74) is 0.636. The lowest BCUT2D eigenvalue weighted by Gasteiger charge is -2.10. The predicted molar refractivity (Wildman–Crippen MR) is 107 cm³/mol. The summed E-state index contributed by atoms with van der Waals surface area (Å²) in [6.45, 7) is 4.66. The van der Waals surface area contributed by atoms with E-state index in [1.165, 1.54) is 24.3 Å². The normalized spacial score (nSPS) is 14.5. The molecule has 0 atom stereocenters. The van der Waals surface area contributed by atoms with Gasteiger partial charge in [0, 0.05) is 23.3 Å². The number of rotatable bonds is 7. The molecule has 0 saturated heterocycles. The molecule has 29 heavy (non-hydrogen) atoms. The zero-order chi connectivity index (χ0) is 21.0. The first-order chi connectivity index (χ1) is 13.9. The molecule has 0 aliphatic carbocycles. The predicted octanol–water partition coefficient (Wildman–Crippen LogP) is 4.39. The number of cyclic esters (lactones) is 1. The maximum atomic E-state index is 12.3. The van der Waals surface area contributed by atoms with Crippen LogP contribution >= 0.6 is 11.6 Å². The lowest BCUT2D eigenvalue weighted by molar-refractivity contribution is -0.384. The fourth-order valence-electron chi connectivity index (χ4n) is 2.64. The SMILES string of the molecule is CCOc1ccc(/C=C2/N=C(c3ccc(Cl)c([N+](=O)[O-])c3)OC2=O)c(OCC)c1. The average Bonchev–Trinajstić information content (AvgIpc) is 3.05. The molecule has 0 N–H and O–H groups in total. The van der Waals surface area contributed by atoms with Crippen LogP contribution in [0.5, 0.6) is 11.5 Å². The number of aliphatic imine (C=N–C) groups is 1. The summed E-state index contributed by atoms with van der Waals surface area (Å²) in [4.78, 5) is 26.9. The zero-order valence-electron chi connectivity index (χ0n) is 15.7. The molecule has 2 aromatic carbocycles. The Morgan fingerprint density at radius 3 is 2.62 bits per heavy atom. The molecule has 1 aliphatic rings. The van der Waals surface area contributed by atoms with Gasteiger partial charge in [0.2, 0.25) is 5.90 Å². The van der Waals surface area contributed by atoms with E-state index in [0.717, 1.165) is 0 Å². The Kier molecular flexibility index (Phi) is 6.13. The van der Waals surface area contributed by atoms with Crippen LogP contribution in [0.25, 0.3) is 6.08 Å². The van der Waals surface area contributed by atoms with Crippen molar-refractivity contribution < 1.29 is 23.9 Å². The molecule has 3 rings (SSSR count). The van der Waals surface area contributed by atoms with Gasteiger partial charge in [0.05, 0.1) is 18.1 Å². The Labute approximate surface area is 171 Å². The Hall–Kier alpha value is -3.39. The lowest BCUT2D eigenvalue weighted by atomic mass is 10.1. The molecule has 0 bridgehead atoms. The van der Waals surface area contributed by atoms with Crippen LogP contribution in [0.1, 0.15) is 25.0 Å². The van der Waals surface area contributed by atoms with Crippen molar-refractivity contribution in [1.29, 1.82) is 0 Å². The minimum Gasteiger partial charge on any atom is -0.494 e. The minimum absolute atomic E-state index is 0.0183. The van der Waals surface area contributed by atoms with Crippen LogP contribution in [-0.2, 0) is 9.53 Å². The molecule has 0 saturated carbocycles. The van der Waals surface area contributed by atoms with Gasteiger partial charge in [0.1, 0.15) is 16.5 Å². The van der Waals surface area contributed by atoms with Crippen molar-refractivity contribution in [2.45, 2.75) is 13.8 Å². The van der Waals surface area contributed by atoms with Gasteiger partial charge in [-0.1, -0.05) is 11.6 Å². The van der Waals surface area contributed by atoms with Gasteiger partial charge < -0.3 is 14.2 Å². The van der Waals surface area contributed by atoms with E-state index in [0.29, 0.717) is 30.3 Å². The standard InChI is InChI=1S/C20H17ClN2O6/c1-3-27-14-7-5-12(18(11-14)28-4-2)9-16-20(24)29-19(22-16)13-6-8-15(21)17(10-13)23(25)26/h5-11H,3-4H2,1-2H3/b16-9+. The Morgan fingerprint density at radius 2 is 1.93 bits per heavy atom. The summed E-state index contributed by atoms with van der Waals surface area (Å²) in [5, 5.41) is 11.1. The number of hydrogen-bond acceptors (Lipinski definition) is 7. The van der Waals surface area contributed by atoms with E-state index in [1.807, 2.05) is 13.8 Å². The van der Waals surface area contributed by atoms with Gasteiger partial charge in [-0.05, 0) is 44.2 Å². The Balaban J connectivity index is 1.97. The van der Waals surface area contributed by atoms with Gasteiger partial charge in [-0.2, -0.15) is 0 Å². The topological polar surface area (TPSA) is 100 Å². The largest absolute Gasteiger partial charge is 0.494 e. The molecule has 0 spiro atoms. The number of nitro benzene ring substituents is 1. The summed E-state index contributed by atoms with van der Waals surface area (Å²) >= 11 is 5.82. The fourth-order valence-corrected chi connectivity index (χ4v) is 2.82. The van der Waals surface area contributed by atoms with Crippen molar-refractivity contribution in [3.63, 3.8) is 0 Å². The molecule has 150 valence electrons. The number of nitrogens with zero attached hydrogens (tertiary/aromatic N) is 2. The van der Waals surface area contributed by atoms with Crippen LogP contribution in [0.15, 0.2) is 47.1 Å². The number of esters is 1. The number of carbonyl (C=O) groups is 1. The van der Waals surface area contributed by atoms with Crippen LogP contribution < -0.4 is 9.47 Å². The molecule has 0 radical (unpaired) electrons. The highest BCUT2D eigenvalue weighted by Crippen LogP contribution is 2.30. The molecule has 0 fully saturated rings. The van der Waals surface area contributed by atoms with E-state index in [4.69, 9.17) is 25.8 Å². The van der Waals surface area contributed by atoms with Gasteiger partial charge in [0.15, 0.2) is 5.70 Å². The van der Waals surface area contributed by atoms with Crippen molar-refractivity contribution in [3.8, 4) is 11.5 Å². The van der Waals surface area contributed by atoms with E-state index in [1.54, 1.807) is 18.2 Å². The number of nitro groups is 1. The molecule has 9 heteroatoms. The Bertz CT molecular complexity index is 1030. The van der Waals surface area contributed by atoms with Crippen molar-refractivity contribution in [2.24, 2.45) is 4.99 Å². The third-order valence-electron chi connectivity index (χ3n) is 3.90. The van der Waals surface area contributed by atoms with E-state index < -0.39 is 10.9 Å². The van der Waals surface area contributed by atoms with E-state index in [2.05, 4.69) is 4.99 Å². The van der Waals surface area contributed by atoms with Gasteiger partial charge in [-0.15, -0.1) is 0 Å². The number of ether oxygens (including phenoxy) is 3. The van der Waals surface area contributed by atoms with Gasteiger partial charge in [-0.25, -0.2) is 9.79 Å². The number of halogens is 1. The monoisotopic (exact) mass is 416 g/mol. The molecule has 8 nitrogen and oxygen atoms in total. The van der Waals surface area contributed by atoms with Gasteiger partial charge >= 0.3 is 5.97 Å². The quantitative estimate of drug-likeness (QED) is 0.287. The van der Waals surface area contributed by atoms with Crippen LogP contribution in [0, 0.1) is 10.1 Å². The van der Waals surface area contributed by atoms with Crippen molar-refractivity contribution in [2.75, 3.05) is 13.2 Å². The first-order valence-electron chi connectivity index (χ1n) is 8.79. The summed E-state index contributed by atoms with van der Waals surface area (Å²) in [6, 6.07) is 9.29. The summed E-state index contributed by atoms with van der Waals surface area (Å²) in [6.07, 6.45) is 1.53. The van der Waals surface area contributed by atoms with Crippen molar-refractivity contribution >= 4 is 35.2 Å². The molecule has 2 aromatic rings. The first-order valence-corrected chi connectivity index (χ1v) is 9.17. The number of hydrogen-bond donors (Lipinski definition) is 0. The van der Waals surface area contributed by atoms with Gasteiger partial charge in [-0.3, -0.25) is 10.1 Å². The van der Waals surface area contributed by atoms with Crippen molar-refractivity contribution in [3.05, 3.63) is 68.4 Å². The second kappa shape index (κ2) is 8.74. The zero-order valence-corrected chi connectivity index (χ0v) is 16.4. The number of benzene rings is 2. The Morgan fingerprint density at radius 1 is 1.17 bits per heavy atom. The van der Waals surface area contributed by atoms with Crippen LogP contribution in [0.4, 0.5) is 5.69 Å². The molecule has 0 unspecified atom stereocenters. The van der Waals surface area contributed by atoms with Crippen LogP contribution in [-0.4, -0.2) is 30.0 Å². The second-order valence-corrected chi connectivity index (χ2v) is 6.23. The molecular weight excluding hydrogens is 400 g/mol. The third-order valence-corrected chi connectivity index (χ3v) is 4.22. The van der Waals surface area contributed by atoms with E-state index in [-0.39, 0.29) is 27.9 Å². The lowest BCUT2D eigenvalue weighted by Crippen LogP contribution is -2.06. The second-order valence-electron chi connectivity index (χ2n) is 5.83. The number of carbonyl (C=O) groups excluding carboxylic acids is 1. The molecule has 1 aliphatic heterocycles. The van der Waals surface area contributed by atoms with E-state index in [9.17, 15) is 14.9 Å². The summed E-state index contributed by atoms with van der Waals surface area (Å²) in [7, 11) is 0. The minimum atomic E-state index is -0.672. The fraction of sp³-hybridized carbons (Fsp3) is 0.200. The third kappa shape index (κ3) is 4.55. The summed E-state index contributed by atoms with van der Waals surface area (Å²) < 4.78 is 16.3. The maximum absolute atomic E-state index is 12.3. The molecular formula is C20H17ClN2O6. The smallest absolute Gasteiger partial charge is 0.363 e. The van der Waals surface area contributed by atoms with Crippen LogP contribution in [0.3, 0.4) is 0 Å². The summed E-state index contributed by atoms with van der Waals surface area (Å²) in [5.74, 6) is 0.466. The van der Waals surface area contributed by atoms with Crippen LogP contribution in [0.2, 0.25) is 5.02 Å². The first kappa shape index (κ1) is 20.3. The molecule has 1 heterocycles.